The van der Waals surface area contributed by atoms with Gasteiger partial charge in [0.25, 0.3) is 0 Å². The lowest BCUT2D eigenvalue weighted by Gasteiger charge is -2.07. The molecule has 2 aromatic heterocycles. The maximum absolute atomic E-state index is 12.9. The number of Topliss-reactive ketones (excluding diaryl/α,β-unsaturated/α-hetero) is 1. The van der Waals surface area contributed by atoms with E-state index in [-0.39, 0.29) is 11.7 Å². The molecule has 0 saturated heterocycles. The van der Waals surface area contributed by atoms with Crippen molar-refractivity contribution >= 4 is 28.4 Å². The van der Waals surface area contributed by atoms with E-state index in [1.54, 1.807) is 18.5 Å². The van der Waals surface area contributed by atoms with Crippen molar-refractivity contribution < 1.29 is 4.79 Å². The fourth-order valence-electron chi connectivity index (χ4n) is 5.07. The number of nitrogens with one attached hydrogen (secondary N) is 1. The summed E-state index contributed by atoms with van der Waals surface area (Å²) in [7, 11) is 0. The van der Waals surface area contributed by atoms with Crippen LogP contribution in [0.15, 0.2) is 18.5 Å². The topological polar surface area (TPSA) is 45.8 Å². The van der Waals surface area contributed by atoms with Gasteiger partial charge in [-0.05, 0) is 49.0 Å². The van der Waals surface area contributed by atoms with E-state index in [0.717, 1.165) is 28.4 Å². The van der Waals surface area contributed by atoms with E-state index in [1.165, 1.54) is 19.3 Å². The number of hydrogen-bond donors (Lipinski definition) is 1. The quantitative estimate of drug-likeness (QED) is 0.856. The van der Waals surface area contributed by atoms with E-state index in [1.807, 2.05) is 0 Å². The van der Waals surface area contributed by atoms with Crippen LogP contribution in [-0.2, 0) is 0 Å². The highest BCUT2D eigenvalue weighted by molar-refractivity contribution is 6.36. The van der Waals surface area contributed by atoms with E-state index in [9.17, 15) is 4.79 Å². The van der Waals surface area contributed by atoms with Crippen molar-refractivity contribution in [2.45, 2.75) is 19.3 Å². The van der Waals surface area contributed by atoms with Crippen LogP contribution >= 0.6 is 11.6 Å². The lowest BCUT2D eigenvalue weighted by Crippen LogP contribution is -2.09. The molecule has 5 rings (SSSR count). The van der Waals surface area contributed by atoms with Crippen LogP contribution in [-0.4, -0.2) is 15.8 Å². The smallest absolute Gasteiger partial charge is 0.168 e. The summed E-state index contributed by atoms with van der Waals surface area (Å²) in [5.74, 6) is 3.52. The van der Waals surface area contributed by atoms with Gasteiger partial charge in [-0.15, -0.1) is 0 Å². The van der Waals surface area contributed by atoms with Crippen molar-refractivity contribution in [1.29, 1.82) is 0 Å². The molecule has 2 bridgehead atoms. The Morgan fingerprint density at radius 1 is 1.30 bits per heavy atom. The second-order valence-corrected chi connectivity index (χ2v) is 7.00. The molecule has 3 nitrogen and oxygen atoms in total. The first kappa shape index (κ1) is 11.3. The van der Waals surface area contributed by atoms with E-state index < -0.39 is 0 Å². The third-order valence-corrected chi connectivity index (χ3v) is 6.14. The molecular formula is C16H15ClN2O. The summed E-state index contributed by atoms with van der Waals surface area (Å²) in [6, 6.07) is 1.76. The fourth-order valence-corrected chi connectivity index (χ4v) is 5.31. The first-order valence-corrected chi connectivity index (χ1v) is 7.79. The minimum Gasteiger partial charge on any atom is -0.345 e. The van der Waals surface area contributed by atoms with Gasteiger partial charge in [-0.1, -0.05) is 11.6 Å². The van der Waals surface area contributed by atoms with Crippen LogP contribution in [0.3, 0.4) is 0 Å². The highest BCUT2D eigenvalue weighted by Crippen LogP contribution is 2.70. The zero-order valence-electron chi connectivity index (χ0n) is 11.0. The number of halogens is 1. The first-order chi connectivity index (χ1) is 9.75. The number of nitrogens with zero attached hydrogens (tertiary/aromatic N) is 1. The second kappa shape index (κ2) is 3.64. The van der Waals surface area contributed by atoms with Crippen LogP contribution in [0.1, 0.15) is 29.6 Å². The Morgan fingerprint density at radius 2 is 2.05 bits per heavy atom. The Bertz CT molecular complexity index is 721. The Morgan fingerprint density at radius 3 is 2.80 bits per heavy atom. The van der Waals surface area contributed by atoms with Gasteiger partial charge in [0.05, 0.1) is 5.02 Å². The minimum atomic E-state index is 0.261. The first-order valence-electron chi connectivity index (χ1n) is 7.41. The van der Waals surface area contributed by atoms with Gasteiger partial charge in [0.15, 0.2) is 5.78 Å². The number of pyridine rings is 1. The minimum absolute atomic E-state index is 0.261. The molecule has 20 heavy (non-hydrogen) atoms. The third-order valence-electron chi connectivity index (χ3n) is 5.83. The Labute approximate surface area is 121 Å². The average Bonchev–Trinajstić information content (AvgIpc) is 2.83. The third kappa shape index (κ3) is 1.27. The van der Waals surface area contributed by atoms with Crippen LogP contribution in [0, 0.1) is 29.6 Å². The van der Waals surface area contributed by atoms with Crippen LogP contribution in [0.4, 0.5) is 0 Å². The highest BCUT2D eigenvalue weighted by Gasteiger charge is 2.67. The van der Waals surface area contributed by atoms with Crippen molar-refractivity contribution in [3.05, 3.63) is 29.0 Å². The van der Waals surface area contributed by atoms with Gasteiger partial charge in [0, 0.05) is 29.3 Å². The predicted octanol–water partition coefficient (Wildman–Crippen LogP) is 3.69. The van der Waals surface area contributed by atoms with E-state index in [4.69, 9.17) is 11.6 Å². The van der Waals surface area contributed by atoms with Crippen LogP contribution in [0.25, 0.3) is 11.0 Å². The molecule has 0 aliphatic heterocycles. The van der Waals surface area contributed by atoms with Gasteiger partial charge in [-0.3, -0.25) is 4.79 Å². The summed E-state index contributed by atoms with van der Waals surface area (Å²) in [6.45, 7) is 0. The number of aromatic nitrogens is 2. The SMILES string of the molecule is O=C(c1c[nH]c2nccc(Cl)c12)C1C2C3CCC(C3)C12. The number of carbonyl (C=O) groups excluding carboxylic acids is 1. The lowest BCUT2D eigenvalue weighted by molar-refractivity contribution is 0.0946. The molecule has 4 atom stereocenters. The Balaban J connectivity index is 1.55. The average molecular weight is 287 g/mol. The summed E-state index contributed by atoms with van der Waals surface area (Å²) in [6.07, 6.45) is 7.51. The molecule has 3 fully saturated rings. The number of fused-ring (bicyclic) bond motifs is 6. The lowest BCUT2D eigenvalue weighted by atomic mass is 9.96. The molecule has 4 heteroatoms. The monoisotopic (exact) mass is 286 g/mol. The molecule has 102 valence electrons. The van der Waals surface area contributed by atoms with Gasteiger partial charge >= 0.3 is 0 Å². The maximum atomic E-state index is 12.9. The van der Waals surface area contributed by atoms with Gasteiger partial charge in [0.1, 0.15) is 5.65 Å². The molecule has 3 saturated carbocycles. The number of ketones is 1. The Hall–Kier alpha value is -1.35. The van der Waals surface area contributed by atoms with Gasteiger partial charge < -0.3 is 4.98 Å². The van der Waals surface area contributed by atoms with E-state index >= 15 is 0 Å². The molecule has 0 radical (unpaired) electrons. The summed E-state index contributed by atoms with van der Waals surface area (Å²) in [4.78, 5) is 20.2. The van der Waals surface area contributed by atoms with Crippen LogP contribution in [0.5, 0.6) is 0 Å². The van der Waals surface area contributed by atoms with Gasteiger partial charge in [0.2, 0.25) is 0 Å². The van der Waals surface area contributed by atoms with Crippen molar-refractivity contribution in [2.24, 2.45) is 29.6 Å². The summed E-state index contributed by atoms with van der Waals surface area (Å²) < 4.78 is 0. The van der Waals surface area contributed by atoms with Crippen molar-refractivity contribution in [3.63, 3.8) is 0 Å². The number of aromatic amines is 1. The molecular weight excluding hydrogens is 272 g/mol. The maximum Gasteiger partial charge on any atom is 0.168 e. The molecule has 0 amide bonds. The van der Waals surface area contributed by atoms with Crippen LogP contribution in [0.2, 0.25) is 5.02 Å². The van der Waals surface area contributed by atoms with Crippen molar-refractivity contribution in [2.75, 3.05) is 0 Å². The summed E-state index contributed by atoms with van der Waals surface area (Å²) in [5.41, 5.74) is 1.46. The standard InChI is InChI=1S/C16H15ClN2O/c17-10-3-4-18-16-13(10)9(6-19-16)15(20)14-11-7-1-2-8(5-7)12(11)14/h3-4,6-8,11-12,14H,1-2,5H2,(H,18,19). The van der Waals surface area contributed by atoms with E-state index in [0.29, 0.717) is 16.9 Å². The predicted molar refractivity (Wildman–Crippen MR) is 76.7 cm³/mol. The number of rotatable bonds is 2. The highest BCUT2D eigenvalue weighted by atomic mass is 35.5. The van der Waals surface area contributed by atoms with Gasteiger partial charge in [-0.2, -0.15) is 0 Å². The second-order valence-electron chi connectivity index (χ2n) is 6.60. The van der Waals surface area contributed by atoms with E-state index in [2.05, 4.69) is 9.97 Å². The fraction of sp³-hybridized carbons (Fsp3) is 0.500. The molecule has 2 aromatic rings. The number of H-pyrrole nitrogens is 1. The molecule has 4 unspecified atom stereocenters. The molecule has 3 aliphatic rings. The van der Waals surface area contributed by atoms with Crippen LogP contribution < -0.4 is 0 Å². The number of carbonyl (C=O) groups is 1. The summed E-state index contributed by atoms with van der Waals surface area (Å²) >= 11 is 6.25. The largest absolute Gasteiger partial charge is 0.345 e. The number of hydrogen-bond acceptors (Lipinski definition) is 2. The zero-order valence-corrected chi connectivity index (χ0v) is 11.7. The zero-order chi connectivity index (χ0) is 13.4. The van der Waals surface area contributed by atoms with Crippen molar-refractivity contribution in [1.82, 2.24) is 9.97 Å². The molecule has 0 spiro atoms. The van der Waals surface area contributed by atoms with Gasteiger partial charge in [-0.25, -0.2) is 4.98 Å². The normalized spacial score (nSPS) is 37.4. The Kier molecular flexibility index (Phi) is 2.06. The molecule has 3 aliphatic carbocycles. The molecule has 2 heterocycles. The molecule has 0 aromatic carbocycles. The van der Waals surface area contributed by atoms with Crippen molar-refractivity contribution in [3.8, 4) is 0 Å². The molecule has 1 N–H and O–H groups in total. The summed E-state index contributed by atoms with van der Waals surface area (Å²) in [5, 5.41) is 1.42.